The van der Waals surface area contributed by atoms with Gasteiger partial charge in [0.05, 0.1) is 24.1 Å². The van der Waals surface area contributed by atoms with Crippen molar-refractivity contribution < 1.29 is 18.3 Å². The Kier molecular flexibility index (Phi) is 5.48. The molecule has 28 heavy (non-hydrogen) atoms. The molecule has 0 atom stereocenters. The number of nitrogens with zero attached hydrogens (tertiary/aromatic N) is 3. The van der Waals surface area contributed by atoms with Gasteiger partial charge in [0.25, 0.3) is 5.91 Å². The molecule has 10 heteroatoms. The van der Waals surface area contributed by atoms with E-state index in [1.165, 1.54) is 24.4 Å². The molecule has 0 spiro atoms. The number of aromatic amines is 1. The molecule has 1 amide bonds. The standard InChI is InChI=1S/C18H21F2N5O3/c1-2-28-14-6-4-3-5-12(14)18(19,20)16(26)25-9-7-24(8-10-25)13-11-22-17(27)23-15(13)21/h3-6,11H,2,7-10H2,1H3,(H3,21,22,23,27). The van der Waals surface area contributed by atoms with Gasteiger partial charge in [0.1, 0.15) is 11.6 Å². The second-order valence-electron chi connectivity index (χ2n) is 6.27. The minimum absolute atomic E-state index is 0.00549. The number of amides is 1. The van der Waals surface area contributed by atoms with Crippen LogP contribution in [0.25, 0.3) is 0 Å². The van der Waals surface area contributed by atoms with E-state index in [0.29, 0.717) is 5.69 Å². The second-order valence-corrected chi connectivity index (χ2v) is 6.27. The molecule has 0 bridgehead atoms. The Balaban J connectivity index is 1.73. The lowest BCUT2D eigenvalue weighted by atomic mass is 10.1. The van der Waals surface area contributed by atoms with Gasteiger partial charge in [-0.15, -0.1) is 0 Å². The van der Waals surface area contributed by atoms with E-state index < -0.39 is 23.1 Å². The molecule has 150 valence electrons. The van der Waals surface area contributed by atoms with Crippen molar-refractivity contribution in [1.82, 2.24) is 14.9 Å². The normalized spacial score (nSPS) is 14.8. The van der Waals surface area contributed by atoms with Crippen LogP contribution in [0.5, 0.6) is 5.75 Å². The fourth-order valence-electron chi connectivity index (χ4n) is 3.12. The van der Waals surface area contributed by atoms with Crippen LogP contribution >= 0.6 is 0 Å². The average molecular weight is 393 g/mol. The quantitative estimate of drug-likeness (QED) is 0.791. The molecule has 3 rings (SSSR count). The highest BCUT2D eigenvalue weighted by molar-refractivity contribution is 5.86. The van der Waals surface area contributed by atoms with Crippen LogP contribution in [0.1, 0.15) is 12.5 Å². The van der Waals surface area contributed by atoms with Crippen molar-refractivity contribution in [1.29, 1.82) is 0 Å². The Bertz CT molecular complexity index is 910. The van der Waals surface area contributed by atoms with Crippen LogP contribution in [0, 0.1) is 0 Å². The van der Waals surface area contributed by atoms with Crippen molar-refractivity contribution in [2.45, 2.75) is 12.8 Å². The number of piperazine rings is 1. The molecule has 1 aromatic carbocycles. The van der Waals surface area contributed by atoms with Gasteiger partial charge in [-0.05, 0) is 19.1 Å². The van der Waals surface area contributed by atoms with Gasteiger partial charge in [0, 0.05) is 26.2 Å². The van der Waals surface area contributed by atoms with Gasteiger partial charge in [-0.25, -0.2) is 4.79 Å². The van der Waals surface area contributed by atoms with Crippen molar-refractivity contribution in [2.75, 3.05) is 43.4 Å². The molecule has 2 heterocycles. The molecule has 1 aliphatic rings. The van der Waals surface area contributed by atoms with Crippen LogP contribution in [-0.4, -0.2) is 53.6 Å². The van der Waals surface area contributed by atoms with Gasteiger partial charge in [-0.3, -0.25) is 9.78 Å². The van der Waals surface area contributed by atoms with E-state index in [4.69, 9.17) is 10.5 Å². The third-order valence-corrected chi connectivity index (χ3v) is 4.52. The average Bonchev–Trinajstić information content (AvgIpc) is 2.68. The van der Waals surface area contributed by atoms with Crippen molar-refractivity contribution >= 4 is 17.4 Å². The van der Waals surface area contributed by atoms with Gasteiger partial charge in [0.15, 0.2) is 0 Å². The number of benzene rings is 1. The number of alkyl halides is 2. The largest absolute Gasteiger partial charge is 0.493 e. The molecule has 3 N–H and O–H groups in total. The lowest BCUT2D eigenvalue weighted by Crippen LogP contribution is -2.52. The Hall–Kier alpha value is -3.17. The third-order valence-electron chi connectivity index (χ3n) is 4.52. The lowest BCUT2D eigenvalue weighted by Gasteiger charge is -2.37. The molecule has 8 nitrogen and oxygen atoms in total. The molecular formula is C18H21F2N5O3. The van der Waals surface area contributed by atoms with Crippen LogP contribution in [0.2, 0.25) is 0 Å². The van der Waals surface area contributed by atoms with Crippen molar-refractivity contribution in [2.24, 2.45) is 0 Å². The summed E-state index contributed by atoms with van der Waals surface area (Å²) < 4.78 is 35.0. The molecule has 0 unspecified atom stereocenters. The summed E-state index contributed by atoms with van der Waals surface area (Å²) in [5.41, 5.74) is 5.27. The number of carbonyl (C=O) groups excluding carboxylic acids is 1. The van der Waals surface area contributed by atoms with E-state index in [2.05, 4.69) is 9.97 Å². The first-order valence-corrected chi connectivity index (χ1v) is 8.83. The number of anilines is 2. The molecule has 2 aromatic rings. The number of H-pyrrole nitrogens is 1. The fraction of sp³-hybridized carbons (Fsp3) is 0.389. The van der Waals surface area contributed by atoms with Gasteiger partial charge in [-0.2, -0.15) is 13.8 Å². The highest BCUT2D eigenvalue weighted by Gasteiger charge is 2.46. The number of hydrogen-bond donors (Lipinski definition) is 2. The van der Waals surface area contributed by atoms with Crippen molar-refractivity contribution in [3.8, 4) is 5.75 Å². The molecule has 0 radical (unpaired) electrons. The summed E-state index contributed by atoms with van der Waals surface area (Å²) in [6.07, 6.45) is 1.33. The Morgan fingerprint density at radius 3 is 2.61 bits per heavy atom. The first-order chi connectivity index (χ1) is 13.3. The summed E-state index contributed by atoms with van der Waals surface area (Å²) >= 11 is 0. The Labute approximate surface area is 159 Å². The van der Waals surface area contributed by atoms with Crippen LogP contribution in [0.4, 0.5) is 20.3 Å². The predicted molar refractivity (Wildman–Crippen MR) is 99.6 cm³/mol. The zero-order valence-electron chi connectivity index (χ0n) is 15.3. The number of ether oxygens (including phenoxy) is 1. The molecule has 1 fully saturated rings. The maximum absolute atomic E-state index is 14.9. The van der Waals surface area contributed by atoms with Gasteiger partial charge < -0.3 is 20.3 Å². The van der Waals surface area contributed by atoms with Crippen LogP contribution in [0.3, 0.4) is 0 Å². The molecular weight excluding hydrogens is 372 g/mol. The number of aromatic nitrogens is 2. The molecule has 0 aliphatic carbocycles. The number of nitrogens with two attached hydrogens (primary N) is 1. The third kappa shape index (κ3) is 3.75. The van der Waals surface area contributed by atoms with Crippen molar-refractivity contribution in [3.05, 3.63) is 46.5 Å². The van der Waals surface area contributed by atoms with E-state index in [9.17, 15) is 18.4 Å². The molecule has 0 saturated carbocycles. The summed E-state index contributed by atoms with van der Waals surface area (Å²) in [4.78, 5) is 32.6. The lowest BCUT2D eigenvalue weighted by molar-refractivity contribution is -0.159. The Morgan fingerprint density at radius 2 is 1.96 bits per heavy atom. The number of rotatable bonds is 5. The van der Waals surface area contributed by atoms with Gasteiger partial charge >= 0.3 is 11.6 Å². The van der Waals surface area contributed by atoms with E-state index in [1.54, 1.807) is 17.9 Å². The zero-order valence-corrected chi connectivity index (χ0v) is 15.3. The first-order valence-electron chi connectivity index (χ1n) is 8.83. The fourth-order valence-corrected chi connectivity index (χ4v) is 3.12. The summed E-state index contributed by atoms with van der Waals surface area (Å²) in [5, 5.41) is 0. The van der Waals surface area contributed by atoms with E-state index >= 15 is 0 Å². The molecule has 1 aromatic heterocycles. The topological polar surface area (TPSA) is 105 Å². The maximum atomic E-state index is 14.9. The summed E-state index contributed by atoms with van der Waals surface area (Å²) in [5.74, 6) is -4.83. The number of para-hydroxylation sites is 1. The monoisotopic (exact) mass is 393 g/mol. The van der Waals surface area contributed by atoms with Crippen molar-refractivity contribution in [3.63, 3.8) is 0 Å². The van der Waals surface area contributed by atoms with Gasteiger partial charge in [0.2, 0.25) is 0 Å². The second kappa shape index (κ2) is 7.83. The highest BCUT2D eigenvalue weighted by Crippen LogP contribution is 2.37. The summed E-state index contributed by atoms with van der Waals surface area (Å²) in [7, 11) is 0. The minimum Gasteiger partial charge on any atom is -0.493 e. The van der Waals surface area contributed by atoms with E-state index in [1.807, 2.05) is 0 Å². The van der Waals surface area contributed by atoms with Gasteiger partial charge in [-0.1, -0.05) is 12.1 Å². The minimum atomic E-state index is -3.70. The number of nitrogens with one attached hydrogen (secondary N) is 1. The molecule has 1 aliphatic heterocycles. The zero-order chi connectivity index (χ0) is 20.3. The highest BCUT2D eigenvalue weighted by atomic mass is 19.3. The number of nitrogen functional groups attached to an aromatic ring is 1. The first kappa shape index (κ1) is 19.6. The molecule has 1 saturated heterocycles. The smallest absolute Gasteiger partial charge is 0.353 e. The van der Waals surface area contributed by atoms with Crippen LogP contribution in [0.15, 0.2) is 35.3 Å². The number of hydrogen-bond acceptors (Lipinski definition) is 6. The van der Waals surface area contributed by atoms with E-state index in [-0.39, 0.29) is 44.4 Å². The Morgan fingerprint density at radius 1 is 1.29 bits per heavy atom. The van der Waals surface area contributed by atoms with Crippen LogP contribution in [-0.2, 0) is 10.7 Å². The predicted octanol–water partition coefficient (Wildman–Crippen LogP) is 1.19. The SMILES string of the molecule is CCOc1ccccc1C(F)(F)C(=O)N1CCN(c2cnc(=O)[nH]c2N)CC1. The maximum Gasteiger partial charge on any atom is 0.353 e. The number of halogens is 2. The summed E-state index contributed by atoms with van der Waals surface area (Å²) in [6.45, 7) is 2.65. The van der Waals surface area contributed by atoms with Crippen LogP contribution < -0.4 is 21.1 Å². The summed E-state index contributed by atoms with van der Waals surface area (Å²) in [6, 6.07) is 5.65. The number of carbonyl (C=O) groups is 1. The van der Waals surface area contributed by atoms with E-state index in [0.717, 1.165) is 4.90 Å².